The highest BCUT2D eigenvalue weighted by Gasteiger charge is 2.51. The van der Waals surface area contributed by atoms with Gasteiger partial charge >= 0.3 is 0 Å². The molecule has 0 aromatic heterocycles. The van der Waals surface area contributed by atoms with E-state index in [0.717, 1.165) is 32.1 Å². The first-order valence-corrected chi connectivity index (χ1v) is 6.24. The van der Waals surface area contributed by atoms with Gasteiger partial charge in [-0.05, 0) is 39.0 Å². The first kappa shape index (κ1) is 11.0. The summed E-state index contributed by atoms with van der Waals surface area (Å²) in [4.78, 5) is 0. The van der Waals surface area contributed by atoms with Crippen LogP contribution in [0.25, 0.3) is 0 Å². The van der Waals surface area contributed by atoms with Crippen molar-refractivity contribution in [3.8, 4) is 6.07 Å². The lowest BCUT2D eigenvalue weighted by Gasteiger charge is -2.47. The maximum atomic E-state index is 10.4. The fourth-order valence-corrected chi connectivity index (χ4v) is 3.75. The molecule has 0 aromatic rings. The lowest BCUT2D eigenvalue weighted by atomic mass is 9.58. The number of nitriles is 1. The molecule has 2 aliphatic carbocycles. The van der Waals surface area contributed by atoms with E-state index in [4.69, 9.17) is 0 Å². The SMILES string of the molecule is C[C@]1(O)CCC[C@@]2(C#N)CCCCC[C@H]21. The molecular formula is C13H21NO. The quantitative estimate of drug-likeness (QED) is 0.663. The van der Waals surface area contributed by atoms with Crippen LogP contribution < -0.4 is 0 Å². The molecule has 2 nitrogen and oxygen atoms in total. The molecule has 0 aromatic carbocycles. The third-order valence-electron chi connectivity index (χ3n) is 4.56. The highest BCUT2D eigenvalue weighted by Crippen LogP contribution is 2.52. The molecule has 2 saturated carbocycles. The van der Waals surface area contributed by atoms with Crippen molar-refractivity contribution in [3.63, 3.8) is 0 Å². The van der Waals surface area contributed by atoms with Crippen molar-refractivity contribution in [1.82, 2.24) is 0 Å². The van der Waals surface area contributed by atoms with Gasteiger partial charge in [-0.3, -0.25) is 0 Å². The summed E-state index contributed by atoms with van der Waals surface area (Å²) < 4.78 is 0. The fourth-order valence-electron chi connectivity index (χ4n) is 3.75. The Morgan fingerprint density at radius 2 is 1.87 bits per heavy atom. The minimum atomic E-state index is -0.599. The highest BCUT2D eigenvalue weighted by molar-refractivity contribution is 5.11. The molecular weight excluding hydrogens is 186 g/mol. The predicted octanol–water partition coefficient (Wildman–Crippen LogP) is 3.01. The Kier molecular flexibility index (Phi) is 2.77. The Balaban J connectivity index is 2.32. The van der Waals surface area contributed by atoms with E-state index < -0.39 is 5.60 Å². The van der Waals surface area contributed by atoms with Gasteiger partial charge in [0.05, 0.1) is 17.1 Å². The van der Waals surface area contributed by atoms with Gasteiger partial charge in [-0.25, -0.2) is 0 Å². The third kappa shape index (κ3) is 1.78. The monoisotopic (exact) mass is 207 g/mol. The number of nitrogens with zero attached hydrogens (tertiary/aromatic N) is 1. The van der Waals surface area contributed by atoms with Gasteiger partial charge in [0.15, 0.2) is 0 Å². The molecule has 0 amide bonds. The summed E-state index contributed by atoms with van der Waals surface area (Å²) in [6, 6.07) is 2.55. The third-order valence-corrected chi connectivity index (χ3v) is 4.56. The van der Waals surface area contributed by atoms with Crippen molar-refractivity contribution in [2.75, 3.05) is 0 Å². The number of hydrogen-bond donors (Lipinski definition) is 1. The van der Waals surface area contributed by atoms with Crippen LogP contribution in [0.4, 0.5) is 0 Å². The normalized spacial score (nSPS) is 46.3. The van der Waals surface area contributed by atoms with Gasteiger partial charge < -0.3 is 5.11 Å². The molecule has 0 saturated heterocycles. The highest BCUT2D eigenvalue weighted by atomic mass is 16.3. The van der Waals surface area contributed by atoms with Crippen molar-refractivity contribution >= 4 is 0 Å². The van der Waals surface area contributed by atoms with Gasteiger partial charge in [0.1, 0.15) is 0 Å². The van der Waals surface area contributed by atoms with E-state index in [1.165, 1.54) is 19.3 Å². The summed E-state index contributed by atoms with van der Waals surface area (Å²) in [6.07, 6.45) is 8.52. The van der Waals surface area contributed by atoms with Crippen LogP contribution in [0.1, 0.15) is 58.3 Å². The zero-order chi connectivity index (χ0) is 10.9. The number of aliphatic hydroxyl groups is 1. The average Bonchev–Trinajstić information content (AvgIpc) is 2.41. The van der Waals surface area contributed by atoms with Gasteiger partial charge in [0, 0.05) is 5.92 Å². The van der Waals surface area contributed by atoms with E-state index in [0.29, 0.717) is 0 Å². The van der Waals surface area contributed by atoms with E-state index in [9.17, 15) is 10.4 Å². The first-order chi connectivity index (χ1) is 7.11. The molecule has 15 heavy (non-hydrogen) atoms. The van der Waals surface area contributed by atoms with Gasteiger partial charge in [-0.15, -0.1) is 0 Å². The van der Waals surface area contributed by atoms with Crippen molar-refractivity contribution in [2.45, 2.75) is 63.9 Å². The molecule has 2 fully saturated rings. The minimum absolute atomic E-state index is 0.210. The van der Waals surface area contributed by atoms with Crippen LogP contribution in [-0.2, 0) is 0 Å². The van der Waals surface area contributed by atoms with Crippen molar-refractivity contribution in [3.05, 3.63) is 0 Å². The number of hydrogen-bond acceptors (Lipinski definition) is 2. The Labute approximate surface area is 92.3 Å². The second-order valence-electron chi connectivity index (χ2n) is 5.63. The molecule has 2 heteroatoms. The van der Waals surface area contributed by atoms with Crippen LogP contribution in [0.3, 0.4) is 0 Å². The smallest absolute Gasteiger partial charge is 0.0693 e. The predicted molar refractivity (Wildman–Crippen MR) is 59.1 cm³/mol. The summed E-state index contributed by atoms with van der Waals surface area (Å²) in [5.74, 6) is 0.214. The molecule has 2 rings (SSSR count). The summed E-state index contributed by atoms with van der Waals surface area (Å²) in [7, 11) is 0. The van der Waals surface area contributed by atoms with Crippen molar-refractivity contribution < 1.29 is 5.11 Å². The average molecular weight is 207 g/mol. The van der Waals surface area contributed by atoms with E-state index in [1.807, 2.05) is 6.92 Å². The Morgan fingerprint density at radius 3 is 2.60 bits per heavy atom. The minimum Gasteiger partial charge on any atom is -0.390 e. The molecule has 0 heterocycles. The maximum Gasteiger partial charge on any atom is 0.0693 e. The lowest BCUT2D eigenvalue weighted by Crippen LogP contribution is -2.48. The molecule has 3 atom stereocenters. The maximum absolute atomic E-state index is 10.4. The van der Waals surface area contributed by atoms with Crippen molar-refractivity contribution in [2.24, 2.45) is 11.3 Å². The number of fused-ring (bicyclic) bond motifs is 1. The summed E-state index contributed by atoms with van der Waals surface area (Å²) in [5.41, 5.74) is -0.809. The Bertz CT molecular complexity index is 279. The van der Waals surface area contributed by atoms with Crippen LogP contribution in [0, 0.1) is 22.7 Å². The number of rotatable bonds is 0. The van der Waals surface area contributed by atoms with Gasteiger partial charge in [-0.1, -0.05) is 19.3 Å². The summed E-state index contributed by atoms with van der Waals surface area (Å²) >= 11 is 0. The van der Waals surface area contributed by atoms with E-state index in [2.05, 4.69) is 6.07 Å². The van der Waals surface area contributed by atoms with Crippen molar-refractivity contribution in [1.29, 1.82) is 5.26 Å². The second kappa shape index (κ2) is 3.79. The molecule has 84 valence electrons. The van der Waals surface area contributed by atoms with Crippen LogP contribution in [0.2, 0.25) is 0 Å². The van der Waals surface area contributed by atoms with Crippen LogP contribution >= 0.6 is 0 Å². The lowest BCUT2D eigenvalue weighted by molar-refractivity contribution is -0.0843. The molecule has 0 bridgehead atoms. The zero-order valence-corrected chi connectivity index (χ0v) is 9.63. The molecule has 0 unspecified atom stereocenters. The van der Waals surface area contributed by atoms with Crippen LogP contribution in [0.15, 0.2) is 0 Å². The summed E-state index contributed by atoms with van der Waals surface area (Å²) in [5, 5.41) is 19.9. The molecule has 1 N–H and O–H groups in total. The molecule has 0 radical (unpaired) electrons. The van der Waals surface area contributed by atoms with Gasteiger partial charge in [-0.2, -0.15) is 5.26 Å². The van der Waals surface area contributed by atoms with Gasteiger partial charge in [0.2, 0.25) is 0 Å². The van der Waals surface area contributed by atoms with E-state index in [1.54, 1.807) is 0 Å². The Morgan fingerprint density at radius 1 is 1.13 bits per heavy atom. The standard InChI is InChI=1S/C13H21NO/c1-12(15)7-5-9-13(10-14)8-4-2-3-6-11(12)13/h11,15H,2-9H2,1H3/t11-,12-,13+/m0/s1. The van der Waals surface area contributed by atoms with E-state index >= 15 is 0 Å². The Hall–Kier alpha value is -0.550. The van der Waals surface area contributed by atoms with Crippen LogP contribution in [0.5, 0.6) is 0 Å². The first-order valence-electron chi connectivity index (χ1n) is 6.24. The molecule has 0 spiro atoms. The van der Waals surface area contributed by atoms with Crippen LogP contribution in [-0.4, -0.2) is 10.7 Å². The largest absolute Gasteiger partial charge is 0.390 e. The molecule has 0 aliphatic heterocycles. The fraction of sp³-hybridized carbons (Fsp3) is 0.923. The summed E-state index contributed by atoms with van der Waals surface area (Å²) in [6.45, 7) is 1.94. The molecule has 2 aliphatic rings. The van der Waals surface area contributed by atoms with Gasteiger partial charge in [0.25, 0.3) is 0 Å². The van der Waals surface area contributed by atoms with E-state index in [-0.39, 0.29) is 11.3 Å². The second-order valence-corrected chi connectivity index (χ2v) is 5.63. The topological polar surface area (TPSA) is 44.0 Å². The zero-order valence-electron chi connectivity index (χ0n) is 9.63.